The van der Waals surface area contributed by atoms with Crippen molar-refractivity contribution in [3.8, 4) is 0 Å². The predicted molar refractivity (Wildman–Crippen MR) is 90.8 cm³/mol. The minimum absolute atomic E-state index is 0.0985. The number of sulfonamides is 1. The van der Waals surface area contributed by atoms with Gasteiger partial charge in [0.15, 0.2) is 0 Å². The van der Waals surface area contributed by atoms with Gasteiger partial charge in [0.05, 0.1) is 12.9 Å². The second-order valence-corrected chi connectivity index (χ2v) is 8.58. The van der Waals surface area contributed by atoms with Crippen molar-refractivity contribution in [2.24, 2.45) is 5.92 Å². The minimum atomic E-state index is -3.16. The van der Waals surface area contributed by atoms with E-state index in [9.17, 15) is 13.2 Å². The van der Waals surface area contributed by atoms with Crippen LogP contribution in [-0.2, 0) is 26.1 Å². The number of thiophene rings is 1. The molecule has 1 amide bonds. The average Bonchev–Trinajstić information content (AvgIpc) is 3.03. The summed E-state index contributed by atoms with van der Waals surface area (Å²) >= 11 is 1.61. The molecule has 1 aromatic rings. The summed E-state index contributed by atoms with van der Waals surface area (Å²) in [7, 11) is -1.54. The Morgan fingerprint density at radius 1 is 1.43 bits per heavy atom. The number of carbonyl (C=O) groups excluding carboxylic acids is 1. The van der Waals surface area contributed by atoms with Gasteiger partial charge in [-0.15, -0.1) is 0 Å². The van der Waals surface area contributed by atoms with Gasteiger partial charge in [-0.05, 0) is 35.2 Å². The highest BCUT2D eigenvalue weighted by molar-refractivity contribution is 7.88. The van der Waals surface area contributed by atoms with Gasteiger partial charge in [0, 0.05) is 39.2 Å². The SMILES string of the molecule is COCCN(Cc1ccsc1)C(=O)C1CCN(S(C)(=O)=O)CC1. The van der Waals surface area contributed by atoms with Crippen molar-refractivity contribution in [1.82, 2.24) is 9.21 Å². The molecule has 1 aliphatic heterocycles. The molecule has 0 aromatic carbocycles. The number of rotatable bonds is 7. The molecule has 0 N–H and O–H groups in total. The molecule has 0 spiro atoms. The number of nitrogens with zero attached hydrogens (tertiary/aromatic N) is 2. The van der Waals surface area contributed by atoms with Crippen LogP contribution in [0.3, 0.4) is 0 Å². The van der Waals surface area contributed by atoms with Gasteiger partial charge in [0.2, 0.25) is 15.9 Å². The number of carbonyl (C=O) groups is 1. The van der Waals surface area contributed by atoms with Gasteiger partial charge in [-0.25, -0.2) is 12.7 Å². The number of piperidine rings is 1. The molecule has 0 saturated carbocycles. The van der Waals surface area contributed by atoms with Crippen LogP contribution in [0.15, 0.2) is 16.8 Å². The molecule has 0 atom stereocenters. The summed E-state index contributed by atoms with van der Waals surface area (Å²) in [6.45, 7) is 2.48. The molecule has 1 aromatic heterocycles. The van der Waals surface area contributed by atoms with Gasteiger partial charge in [0.1, 0.15) is 0 Å². The van der Waals surface area contributed by atoms with Crippen LogP contribution in [0.4, 0.5) is 0 Å². The molecule has 23 heavy (non-hydrogen) atoms. The lowest BCUT2D eigenvalue weighted by atomic mass is 9.96. The molecule has 2 heterocycles. The number of hydrogen-bond donors (Lipinski definition) is 0. The van der Waals surface area contributed by atoms with Crippen molar-refractivity contribution in [3.05, 3.63) is 22.4 Å². The minimum Gasteiger partial charge on any atom is -0.383 e. The third-order valence-electron chi connectivity index (χ3n) is 4.10. The summed E-state index contributed by atoms with van der Waals surface area (Å²) in [4.78, 5) is 14.6. The van der Waals surface area contributed by atoms with Crippen LogP contribution in [0.2, 0.25) is 0 Å². The van der Waals surface area contributed by atoms with Gasteiger partial charge in [-0.2, -0.15) is 11.3 Å². The largest absolute Gasteiger partial charge is 0.383 e. The van der Waals surface area contributed by atoms with Crippen molar-refractivity contribution < 1.29 is 17.9 Å². The first-order valence-corrected chi connectivity index (χ1v) is 10.4. The Balaban J connectivity index is 1.97. The van der Waals surface area contributed by atoms with Gasteiger partial charge in [0.25, 0.3) is 0 Å². The van der Waals surface area contributed by atoms with Crippen LogP contribution < -0.4 is 0 Å². The van der Waals surface area contributed by atoms with Crippen molar-refractivity contribution in [2.45, 2.75) is 19.4 Å². The van der Waals surface area contributed by atoms with Gasteiger partial charge in [-0.1, -0.05) is 0 Å². The van der Waals surface area contributed by atoms with Crippen LogP contribution in [0.25, 0.3) is 0 Å². The van der Waals surface area contributed by atoms with E-state index in [4.69, 9.17) is 4.74 Å². The monoisotopic (exact) mass is 360 g/mol. The average molecular weight is 361 g/mol. The first-order chi connectivity index (χ1) is 10.9. The zero-order chi connectivity index (χ0) is 16.9. The molecular weight excluding hydrogens is 336 g/mol. The fourth-order valence-corrected chi connectivity index (χ4v) is 4.30. The van der Waals surface area contributed by atoms with Crippen LogP contribution in [0.1, 0.15) is 18.4 Å². The Labute approximate surface area is 142 Å². The van der Waals surface area contributed by atoms with Crippen molar-refractivity contribution in [3.63, 3.8) is 0 Å². The zero-order valence-corrected chi connectivity index (χ0v) is 15.2. The van der Waals surface area contributed by atoms with E-state index in [1.54, 1.807) is 18.4 Å². The van der Waals surface area contributed by atoms with E-state index in [2.05, 4.69) is 0 Å². The lowest BCUT2D eigenvalue weighted by molar-refractivity contribution is -0.138. The lowest BCUT2D eigenvalue weighted by Crippen LogP contribution is -2.44. The van der Waals surface area contributed by atoms with Gasteiger partial charge < -0.3 is 9.64 Å². The summed E-state index contributed by atoms with van der Waals surface area (Å²) < 4.78 is 29.7. The summed E-state index contributed by atoms with van der Waals surface area (Å²) in [5, 5.41) is 4.04. The van der Waals surface area contributed by atoms with E-state index in [1.165, 1.54) is 10.6 Å². The second kappa shape index (κ2) is 8.23. The Morgan fingerprint density at radius 3 is 2.65 bits per heavy atom. The second-order valence-electron chi connectivity index (χ2n) is 5.82. The Morgan fingerprint density at radius 2 is 2.13 bits per heavy atom. The van der Waals surface area contributed by atoms with Crippen molar-refractivity contribution >= 4 is 27.3 Å². The summed E-state index contributed by atoms with van der Waals surface area (Å²) in [6, 6.07) is 2.02. The Bertz CT molecular complexity index is 593. The van der Waals surface area contributed by atoms with Crippen molar-refractivity contribution in [2.75, 3.05) is 39.6 Å². The molecule has 0 aliphatic carbocycles. The highest BCUT2D eigenvalue weighted by atomic mass is 32.2. The topological polar surface area (TPSA) is 66.9 Å². The summed E-state index contributed by atoms with van der Waals surface area (Å²) in [5.41, 5.74) is 1.12. The molecule has 0 bridgehead atoms. The van der Waals surface area contributed by atoms with E-state index >= 15 is 0 Å². The molecule has 6 nitrogen and oxygen atoms in total. The maximum atomic E-state index is 12.8. The van der Waals surface area contributed by atoms with E-state index < -0.39 is 10.0 Å². The maximum absolute atomic E-state index is 12.8. The third kappa shape index (κ3) is 5.27. The van der Waals surface area contributed by atoms with Gasteiger partial charge >= 0.3 is 0 Å². The zero-order valence-electron chi connectivity index (χ0n) is 13.6. The normalized spacial score (nSPS) is 17.3. The molecule has 1 saturated heterocycles. The van der Waals surface area contributed by atoms with Crippen LogP contribution in [0, 0.1) is 5.92 Å². The van der Waals surface area contributed by atoms with Crippen LogP contribution in [-0.4, -0.2) is 63.1 Å². The lowest BCUT2D eigenvalue weighted by Gasteiger charge is -2.33. The number of methoxy groups -OCH3 is 1. The fourth-order valence-electron chi connectivity index (χ4n) is 2.76. The number of ether oxygens (including phenoxy) is 1. The highest BCUT2D eigenvalue weighted by Gasteiger charge is 2.31. The molecule has 8 heteroatoms. The van der Waals surface area contributed by atoms with E-state index in [0.29, 0.717) is 45.6 Å². The third-order valence-corrected chi connectivity index (χ3v) is 6.14. The molecular formula is C15H24N2O4S2. The molecule has 130 valence electrons. The molecule has 0 radical (unpaired) electrons. The fraction of sp³-hybridized carbons (Fsp3) is 0.667. The predicted octanol–water partition coefficient (Wildman–Crippen LogP) is 1.39. The first-order valence-electron chi connectivity index (χ1n) is 7.65. The molecule has 1 fully saturated rings. The quantitative estimate of drug-likeness (QED) is 0.737. The Hall–Kier alpha value is -0.960. The first kappa shape index (κ1) is 18.4. The van der Waals surface area contributed by atoms with E-state index in [1.807, 2.05) is 21.7 Å². The van der Waals surface area contributed by atoms with Crippen LogP contribution >= 0.6 is 11.3 Å². The summed E-state index contributed by atoms with van der Waals surface area (Å²) in [5.74, 6) is -0.00936. The molecule has 2 rings (SSSR count). The smallest absolute Gasteiger partial charge is 0.226 e. The highest BCUT2D eigenvalue weighted by Crippen LogP contribution is 2.22. The van der Waals surface area contributed by atoms with E-state index in [-0.39, 0.29) is 11.8 Å². The maximum Gasteiger partial charge on any atom is 0.226 e. The van der Waals surface area contributed by atoms with E-state index in [0.717, 1.165) is 5.56 Å². The molecule has 1 aliphatic rings. The van der Waals surface area contributed by atoms with Gasteiger partial charge in [-0.3, -0.25) is 4.79 Å². The summed E-state index contributed by atoms with van der Waals surface area (Å²) in [6.07, 6.45) is 2.38. The number of hydrogen-bond acceptors (Lipinski definition) is 5. The Kier molecular flexibility index (Phi) is 6.58. The number of amides is 1. The van der Waals surface area contributed by atoms with Crippen molar-refractivity contribution in [1.29, 1.82) is 0 Å². The molecule has 0 unspecified atom stereocenters. The van der Waals surface area contributed by atoms with Crippen LogP contribution in [0.5, 0.6) is 0 Å². The standard InChI is InChI=1S/C15H24N2O4S2/c1-21-9-8-16(11-13-5-10-22-12-13)15(18)14-3-6-17(7-4-14)23(2,19)20/h5,10,12,14H,3-4,6-9,11H2,1-2H3.